The summed E-state index contributed by atoms with van der Waals surface area (Å²) in [5.41, 5.74) is 3.48. The van der Waals surface area contributed by atoms with Crippen LogP contribution in [0.4, 0.5) is 11.4 Å². The van der Waals surface area contributed by atoms with Gasteiger partial charge in [0.1, 0.15) is 46.0 Å². The molecule has 0 saturated carbocycles. The second kappa shape index (κ2) is 39.6. The van der Waals surface area contributed by atoms with Crippen molar-refractivity contribution in [1.82, 2.24) is 29.4 Å². The Hall–Kier alpha value is -11.9. The summed E-state index contributed by atoms with van der Waals surface area (Å²) in [6, 6.07) is 61.4. The van der Waals surface area contributed by atoms with E-state index < -0.39 is 69.2 Å². The smallest absolute Gasteiger partial charge is 0.262 e. The molecule has 2 aromatic heterocycles. The van der Waals surface area contributed by atoms with Gasteiger partial charge >= 0.3 is 0 Å². The van der Waals surface area contributed by atoms with Crippen LogP contribution in [0.25, 0.3) is 43.1 Å². The molecule has 146 heavy (non-hydrogen) atoms. The topological polar surface area (TPSA) is 266 Å². The van der Waals surface area contributed by atoms with Crippen molar-refractivity contribution in [1.29, 1.82) is 0 Å². The Morgan fingerprint density at radius 2 is 0.541 bits per heavy atom. The Balaban J connectivity index is 0.791. The largest absolute Gasteiger partial charge is 0.457 e. The van der Waals surface area contributed by atoms with Gasteiger partial charge in [-0.1, -0.05) is 166 Å². The van der Waals surface area contributed by atoms with Crippen molar-refractivity contribution in [3.8, 4) is 46.0 Å². The van der Waals surface area contributed by atoms with Gasteiger partial charge in [0, 0.05) is 178 Å². The second-order valence-corrected chi connectivity index (χ2v) is 45.6. The van der Waals surface area contributed by atoms with Crippen molar-refractivity contribution >= 4 is 113 Å². The van der Waals surface area contributed by atoms with Gasteiger partial charge in [-0.05, 0) is 155 Å². The molecule has 10 unspecified atom stereocenters. The standard InChI is InChI=1S/C118H124N8O18S2/c1-11-43-123(75-21-15-13-16-22-75)113(131)107(97-25-19-45-145-97)125-109(127)89-47-93(141-77-35-27-71(28-36-77)115(3,4)67-119(51-81-59-133-81)52-82-60-134-82)101-103-95(143-79-39-31-73(32-40-79)117(7,8)69-121(55-85-63-137-85)56-86-64-138-86)49-91-100-92(112(130)126(111(91)129)108(98-26-20-46-146-98)114(132)124(44-12-2)76-23-17-14-18-24-76)50-96(144-80-41-33-74(34-42-80)118(9,10)70-122(57-87-65-139-87)58-88-66-140-88)104(106(100)103)102-94(48-90(110(125)128)99(89)105(101)102)142-78-37-29-72(30-38-78)116(5,6)68-120(53-83-61-135-83)54-84-62-136-84/h13-42,45-50,81-88,107-108H,11-12,43-44,51-70H2,1-10H3. The minimum absolute atomic E-state index is 0.00516. The molecule has 0 spiro atoms. The van der Waals surface area contributed by atoms with Crippen molar-refractivity contribution in [2.75, 3.05) is 154 Å². The summed E-state index contributed by atoms with van der Waals surface area (Å²) in [6.45, 7) is 36.7. The molecule has 12 heterocycles. The van der Waals surface area contributed by atoms with E-state index in [4.69, 9.17) is 56.8 Å². The van der Waals surface area contributed by atoms with E-state index in [9.17, 15) is 0 Å². The van der Waals surface area contributed by atoms with Crippen LogP contribution in [-0.4, -0.2) is 258 Å². The van der Waals surface area contributed by atoms with Gasteiger partial charge in [0.05, 0.1) is 124 Å². The van der Waals surface area contributed by atoms with Crippen molar-refractivity contribution in [3.05, 3.63) is 271 Å². The summed E-state index contributed by atoms with van der Waals surface area (Å²) in [6.07, 6.45) is 2.19. The van der Waals surface area contributed by atoms with Gasteiger partial charge < -0.3 is 66.6 Å². The fourth-order valence-corrected chi connectivity index (χ4v) is 23.8. The first kappa shape index (κ1) is 97.5. The van der Waals surface area contributed by atoms with Gasteiger partial charge in [0.25, 0.3) is 35.4 Å². The molecule has 0 radical (unpaired) electrons. The SMILES string of the molecule is CCCN(C(=O)C(c1cccs1)N1C(=O)c2cc(Oc3ccc(C(C)(C)CN(CC4CO4)CC4CO4)cc3)c3c4c(Oc5ccc(C(C)(C)CN(CC6CO6)CC6CO6)cc5)cc5c6c(cc(Oc7ccc(C(C)(C)CN(CC8CO8)CC8CO8)cc7)c(c7c(Oc8ccc(C(C)(C)CN(CC9CO9)CC9CO9)cc8)cc(c2c37)C1=O)c64)C(=O)N(C(C(=O)N(CCC)c1ccccc1)c1cccs1)C5=O)c1ccccc1. The Bertz CT molecular complexity index is 6270. The first-order chi connectivity index (χ1) is 70.6. The molecule has 0 N–H and O–H groups in total. The minimum Gasteiger partial charge on any atom is -0.457 e. The maximum Gasteiger partial charge on any atom is 0.262 e. The first-order valence-electron chi connectivity index (χ1n) is 51.5. The highest BCUT2D eigenvalue weighted by Gasteiger charge is 2.51. The van der Waals surface area contributed by atoms with Crippen molar-refractivity contribution in [2.24, 2.45) is 0 Å². The third-order valence-electron chi connectivity index (χ3n) is 30.0. The fourth-order valence-electron chi connectivity index (χ4n) is 22.2. The number of imide groups is 2. The lowest BCUT2D eigenvalue weighted by molar-refractivity contribution is -0.123. The summed E-state index contributed by atoms with van der Waals surface area (Å²) in [5, 5.41) is 5.74. The number of nitrogens with zero attached hydrogens (tertiary/aromatic N) is 8. The summed E-state index contributed by atoms with van der Waals surface area (Å²) in [7, 11) is 0. The summed E-state index contributed by atoms with van der Waals surface area (Å²) in [4.78, 5) is 119. The van der Waals surface area contributed by atoms with Crippen LogP contribution >= 0.6 is 22.7 Å². The molecule has 756 valence electrons. The van der Waals surface area contributed by atoms with E-state index in [0.717, 1.165) is 84.4 Å². The lowest BCUT2D eigenvalue weighted by atomic mass is 9.80. The highest BCUT2D eigenvalue weighted by atomic mass is 32.1. The predicted octanol–water partition coefficient (Wildman–Crippen LogP) is 20.1. The van der Waals surface area contributed by atoms with E-state index in [-0.39, 0.29) is 150 Å². The number of fused-ring (bicyclic) bond motifs is 2. The third-order valence-corrected chi connectivity index (χ3v) is 31.8. The highest BCUT2D eigenvalue weighted by molar-refractivity contribution is 7.10. The zero-order valence-electron chi connectivity index (χ0n) is 84.3. The quantitative estimate of drug-likeness (QED) is 0.0148. The predicted molar refractivity (Wildman–Crippen MR) is 563 cm³/mol. The van der Waals surface area contributed by atoms with Crippen LogP contribution in [0.15, 0.2) is 217 Å². The average Bonchev–Trinajstić information content (AvgIpc) is 1.51. The summed E-state index contributed by atoms with van der Waals surface area (Å²) < 4.78 is 77.8. The molecule has 11 aromatic carbocycles. The first-order valence-corrected chi connectivity index (χ1v) is 53.3. The number of carbonyl (C=O) groups is 6. The van der Waals surface area contributed by atoms with E-state index in [0.29, 0.717) is 136 Å². The van der Waals surface area contributed by atoms with E-state index in [1.54, 1.807) is 46.2 Å². The zero-order valence-corrected chi connectivity index (χ0v) is 85.9. The van der Waals surface area contributed by atoms with Crippen molar-refractivity contribution in [3.63, 3.8) is 0 Å². The van der Waals surface area contributed by atoms with Gasteiger partial charge in [0.15, 0.2) is 12.1 Å². The van der Waals surface area contributed by atoms with Gasteiger partial charge in [-0.3, -0.25) is 58.2 Å². The number of hydrogen-bond acceptors (Lipinski definition) is 24. The Morgan fingerprint density at radius 3 is 0.740 bits per heavy atom. The van der Waals surface area contributed by atoms with Gasteiger partial charge in [0.2, 0.25) is 0 Å². The van der Waals surface area contributed by atoms with Crippen molar-refractivity contribution in [2.45, 2.75) is 165 Å². The van der Waals surface area contributed by atoms with Crippen LogP contribution in [0, 0.1) is 0 Å². The monoisotopic (exact) mass is 2000 g/mol. The number of para-hydroxylation sites is 2. The molecule has 26 nitrogen and oxygen atoms in total. The summed E-state index contributed by atoms with van der Waals surface area (Å²) >= 11 is 2.53. The molecule has 8 saturated heterocycles. The average molecular weight is 2010 g/mol. The molecule has 10 aliphatic heterocycles. The maximum atomic E-state index is 17.5. The number of ether oxygens (including phenoxy) is 12. The molecule has 0 aliphatic carbocycles. The molecular weight excluding hydrogens is 1880 g/mol. The van der Waals surface area contributed by atoms with Gasteiger partial charge in [-0.2, -0.15) is 0 Å². The Morgan fingerprint density at radius 1 is 0.315 bits per heavy atom. The Kier molecular flexibility index (Phi) is 26.4. The number of benzene rings is 11. The lowest BCUT2D eigenvalue weighted by Gasteiger charge is -2.37. The Labute approximate surface area is 858 Å². The van der Waals surface area contributed by atoms with Crippen LogP contribution in [0.5, 0.6) is 46.0 Å². The molecule has 13 aromatic rings. The number of hydrogen-bond donors (Lipinski definition) is 0. The van der Waals surface area contributed by atoms with E-state index >= 15 is 28.8 Å². The number of epoxide rings is 8. The number of thiophene rings is 2. The molecule has 23 rings (SSSR count). The highest BCUT2D eigenvalue weighted by Crippen LogP contribution is 2.60. The molecule has 0 bridgehead atoms. The maximum absolute atomic E-state index is 17.5. The van der Waals surface area contributed by atoms with E-state index in [2.05, 4.69) is 124 Å². The van der Waals surface area contributed by atoms with Crippen molar-refractivity contribution < 1.29 is 85.6 Å². The van der Waals surface area contributed by atoms with E-state index in [1.165, 1.54) is 22.7 Å². The third kappa shape index (κ3) is 20.6. The molecule has 8 fully saturated rings. The van der Waals surface area contributed by atoms with Crippen LogP contribution < -0.4 is 28.7 Å². The van der Waals surface area contributed by atoms with Crippen LogP contribution in [0.1, 0.15) is 168 Å². The van der Waals surface area contributed by atoms with Gasteiger partial charge in [-0.15, -0.1) is 22.7 Å². The second-order valence-electron chi connectivity index (χ2n) is 43.6. The lowest BCUT2D eigenvalue weighted by Crippen LogP contribution is -2.50. The molecule has 6 amide bonds. The normalized spacial score (nSPS) is 20.7. The summed E-state index contributed by atoms with van der Waals surface area (Å²) in [5.74, 6) is -2.48. The number of anilines is 2. The van der Waals surface area contributed by atoms with Crippen LogP contribution in [0.2, 0.25) is 0 Å². The molecular formula is C118H124N8O18S2. The zero-order chi connectivity index (χ0) is 100. The fraction of sp³-hybridized carbons (Fsp3) is 0.407. The molecule has 28 heteroatoms. The number of amides is 6. The van der Waals surface area contributed by atoms with Crippen LogP contribution in [-0.2, 0) is 69.1 Å². The van der Waals surface area contributed by atoms with Crippen LogP contribution in [0.3, 0.4) is 0 Å². The van der Waals surface area contributed by atoms with E-state index in [1.807, 2.05) is 146 Å². The minimum atomic E-state index is -1.53. The molecule has 10 atom stereocenters. The number of rotatable bonds is 48. The van der Waals surface area contributed by atoms with Gasteiger partial charge in [-0.25, -0.2) is 0 Å². The number of carbonyl (C=O) groups excluding carboxylic acids is 6. The molecule has 10 aliphatic rings.